The third-order valence-electron chi connectivity index (χ3n) is 3.38. The largest absolute Gasteiger partial charge is 0.368 e. The van der Waals surface area contributed by atoms with Gasteiger partial charge >= 0.3 is 0 Å². The van der Waals surface area contributed by atoms with Crippen LogP contribution in [0.4, 0.5) is 0 Å². The highest BCUT2D eigenvalue weighted by Gasteiger charge is 2.31. The first-order chi connectivity index (χ1) is 10.8. The van der Waals surface area contributed by atoms with Crippen molar-refractivity contribution in [3.05, 3.63) is 28.8 Å². The summed E-state index contributed by atoms with van der Waals surface area (Å²) in [6, 6.07) is 2.97. The van der Waals surface area contributed by atoms with Crippen LogP contribution < -0.4 is 11.1 Å². The van der Waals surface area contributed by atoms with Gasteiger partial charge in [0.1, 0.15) is 10.9 Å². The maximum atomic E-state index is 12.4. The fraction of sp³-hybridized carbons (Fsp3) is 0.467. The van der Waals surface area contributed by atoms with Crippen LogP contribution in [0.15, 0.2) is 23.1 Å². The number of nitrogens with two attached hydrogens (primary N) is 1. The smallest absolute Gasteiger partial charge is 0.251 e. The predicted octanol–water partition coefficient (Wildman–Crippen LogP) is 1.22. The van der Waals surface area contributed by atoms with Crippen LogP contribution in [-0.4, -0.2) is 44.7 Å². The van der Waals surface area contributed by atoms with E-state index in [1.165, 1.54) is 32.3 Å². The first kappa shape index (κ1) is 20.4. The molecule has 1 aromatic rings. The number of carbonyl (C=O) groups excluding carboxylic acids is 2. The van der Waals surface area contributed by atoms with Gasteiger partial charge < -0.3 is 11.1 Å². The van der Waals surface area contributed by atoms with E-state index in [1.807, 2.05) is 0 Å². The van der Waals surface area contributed by atoms with Crippen molar-refractivity contribution in [2.24, 2.45) is 11.1 Å². The Morgan fingerprint density at radius 1 is 1.25 bits per heavy atom. The Hall–Kier alpha value is -1.64. The minimum Gasteiger partial charge on any atom is -0.368 e. The number of primary amides is 1. The Labute approximate surface area is 147 Å². The summed E-state index contributed by atoms with van der Waals surface area (Å²) in [5.41, 5.74) is 4.81. The molecule has 0 fully saturated rings. The molecule has 2 amide bonds. The number of hydrogen-bond acceptors (Lipinski definition) is 4. The number of halogens is 1. The van der Waals surface area contributed by atoms with Gasteiger partial charge in [-0.05, 0) is 23.6 Å². The Morgan fingerprint density at radius 2 is 1.79 bits per heavy atom. The Bertz CT molecular complexity index is 754. The van der Waals surface area contributed by atoms with Crippen molar-refractivity contribution in [2.75, 3.05) is 14.1 Å². The second kappa shape index (κ2) is 7.08. The zero-order valence-corrected chi connectivity index (χ0v) is 15.8. The monoisotopic (exact) mass is 375 g/mol. The molecule has 1 rings (SSSR count). The van der Waals surface area contributed by atoms with Gasteiger partial charge in [-0.3, -0.25) is 9.59 Å². The minimum absolute atomic E-state index is 0.00234. The molecule has 0 unspecified atom stereocenters. The van der Waals surface area contributed by atoms with Gasteiger partial charge in [0.05, 0.1) is 5.02 Å². The minimum atomic E-state index is -3.81. The third kappa shape index (κ3) is 4.46. The van der Waals surface area contributed by atoms with E-state index in [2.05, 4.69) is 5.32 Å². The van der Waals surface area contributed by atoms with Gasteiger partial charge in [-0.25, -0.2) is 12.7 Å². The molecule has 0 aromatic heterocycles. The van der Waals surface area contributed by atoms with Gasteiger partial charge in [-0.15, -0.1) is 0 Å². The number of amides is 2. The van der Waals surface area contributed by atoms with Crippen LogP contribution in [0.1, 0.15) is 31.1 Å². The SMILES string of the molecule is CN(C)S(=O)(=O)c1cc(C(=O)N[C@H](C(N)=O)C(C)(C)C)ccc1Cl. The molecule has 24 heavy (non-hydrogen) atoms. The molecule has 0 spiro atoms. The summed E-state index contributed by atoms with van der Waals surface area (Å²) < 4.78 is 25.5. The first-order valence-electron chi connectivity index (χ1n) is 7.10. The number of nitrogens with one attached hydrogen (secondary N) is 1. The molecule has 0 radical (unpaired) electrons. The average molecular weight is 376 g/mol. The fourth-order valence-electron chi connectivity index (χ4n) is 1.97. The van der Waals surface area contributed by atoms with Crippen molar-refractivity contribution >= 4 is 33.4 Å². The number of benzene rings is 1. The van der Waals surface area contributed by atoms with E-state index in [4.69, 9.17) is 17.3 Å². The van der Waals surface area contributed by atoms with Crippen LogP contribution in [0.3, 0.4) is 0 Å². The summed E-state index contributed by atoms with van der Waals surface area (Å²) >= 11 is 5.95. The number of rotatable bonds is 5. The molecule has 3 N–H and O–H groups in total. The van der Waals surface area contributed by atoms with Crippen molar-refractivity contribution in [1.29, 1.82) is 0 Å². The molecule has 7 nitrogen and oxygen atoms in total. The lowest BCUT2D eigenvalue weighted by Gasteiger charge is -2.28. The highest BCUT2D eigenvalue weighted by Crippen LogP contribution is 2.25. The predicted molar refractivity (Wildman–Crippen MR) is 92.2 cm³/mol. The number of nitrogens with zero attached hydrogens (tertiary/aromatic N) is 1. The first-order valence-corrected chi connectivity index (χ1v) is 8.92. The van der Waals surface area contributed by atoms with Crippen LogP contribution in [-0.2, 0) is 14.8 Å². The van der Waals surface area contributed by atoms with Gasteiger partial charge in [0.2, 0.25) is 15.9 Å². The lowest BCUT2D eigenvalue weighted by atomic mass is 9.86. The lowest BCUT2D eigenvalue weighted by molar-refractivity contribution is -0.122. The number of carbonyl (C=O) groups is 2. The van der Waals surface area contributed by atoms with Crippen LogP contribution in [0, 0.1) is 5.41 Å². The normalized spacial score (nSPS) is 13.6. The molecule has 134 valence electrons. The van der Waals surface area contributed by atoms with Crippen LogP contribution in [0.2, 0.25) is 5.02 Å². The van der Waals surface area contributed by atoms with E-state index in [9.17, 15) is 18.0 Å². The molecule has 0 heterocycles. The lowest BCUT2D eigenvalue weighted by Crippen LogP contribution is -2.52. The van der Waals surface area contributed by atoms with Gasteiger partial charge in [-0.1, -0.05) is 32.4 Å². The van der Waals surface area contributed by atoms with Crippen molar-refractivity contribution in [1.82, 2.24) is 9.62 Å². The second-order valence-corrected chi connectivity index (χ2v) is 9.13. The molecule has 0 saturated heterocycles. The van der Waals surface area contributed by atoms with E-state index in [0.717, 1.165) is 4.31 Å². The van der Waals surface area contributed by atoms with Crippen molar-refractivity contribution < 1.29 is 18.0 Å². The van der Waals surface area contributed by atoms with Crippen LogP contribution in [0.5, 0.6) is 0 Å². The standard InChI is InChI=1S/C15H22ClN3O4S/c1-15(2,3)12(13(17)20)18-14(21)9-6-7-10(16)11(8-9)24(22,23)19(4)5/h6-8,12H,1-5H3,(H2,17,20)(H,18,21)/t12-/m1/s1. The molecule has 0 aliphatic heterocycles. The number of sulfonamides is 1. The zero-order valence-electron chi connectivity index (χ0n) is 14.3. The summed E-state index contributed by atoms with van der Waals surface area (Å²) in [4.78, 5) is 23.8. The third-order valence-corrected chi connectivity index (χ3v) is 5.67. The van der Waals surface area contributed by atoms with E-state index in [0.29, 0.717) is 0 Å². The summed E-state index contributed by atoms with van der Waals surface area (Å²) in [5.74, 6) is -1.29. The highest BCUT2D eigenvalue weighted by molar-refractivity contribution is 7.89. The Kier molecular flexibility index (Phi) is 6.02. The molecule has 9 heteroatoms. The Balaban J connectivity index is 3.25. The summed E-state index contributed by atoms with van der Waals surface area (Å²) in [5, 5.41) is 2.54. The molecule has 0 bridgehead atoms. The number of hydrogen-bond donors (Lipinski definition) is 2. The van der Waals surface area contributed by atoms with Crippen LogP contribution in [0.25, 0.3) is 0 Å². The van der Waals surface area contributed by atoms with E-state index in [-0.39, 0.29) is 15.5 Å². The molecule has 0 saturated carbocycles. The van der Waals surface area contributed by atoms with E-state index < -0.39 is 33.3 Å². The maximum absolute atomic E-state index is 12.4. The fourth-order valence-corrected chi connectivity index (χ4v) is 3.36. The molecule has 1 aromatic carbocycles. The second-order valence-electron chi connectivity index (χ2n) is 6.61. The molecule has 1 atom stereocenters. The van der Waals surface area contributed by atoms with Gasteiger partial charge in [-0.2, -0.15) is 0 Å². The van der Waals surface area contributed by atoms with E-state index >= 15 is 0 Å². The average Bonchev–Trinajstić information content (AvgIpc) is 2.42. The molecule has 0 aliphatic rings. The summed E-state index contributed by atoms with van der Waals surface area (Å²) in [6.07, 6.45) is 0. The topological polar surface area (TPSA) is 110 Å². The Morgan fingerprint density at radius 3 is 2.21 bits per heavy atom. The maximum Gasteiger partial charge on any atom is 0.251 e. The van der Waals surface area contributed by atoms with E-state index in [1.54, 1.807) is 20.8 Å². The summed E-state index contributed by atoms with van der Waals surface area (Å²) in [6.45, 7) is 5.27. The van der Waals surface area contributed by atoms with Crippen LogP contribution >= 0.6 is 11.6 Å². The highest BCUT2D eigenvalue weighted by atomic mass is 35.5. The van der Waals surface area contributed by atoms with Crippen molar-refractivity contribution in [3.8, 4) is 0 Å². The van der Waals surface area contributed by atoms with Gasteiger partial charge in [0.15, 0.2) is 0 Å². The quantitative estimate of drug-likeness (QED) is 0.806. The van der Waals surface area contributed by atoms with Crippen molar-refractivity contribution in [3.63, 3.8) is 0 Å². The molecule has 0 aliphatic carbocycles. The van der Waals surface area contributed by atoms with Gasteiger partial charge in [0, 0.05) is 19.7 Å². The van der Waals surface area contributed by atoms with Gasteiger partial charge in [0.25, 0.3) is 5.91 Å². The van der Waals surface area contributed by atoms with Crippen molar-refractivity contribution in [2.45, 2.75) is 31.7 Å². The summed E-state index contributed by atoms with van der Waals surface area (Å²) in [7, 11) is -1.08. The molecular formula is C15H22ClN3O4S. The molecular weight excluding hydrogens is 354 g/mol. The zero-order chi connectivity index (χ0) is 18.9.